The van der Waals surface area contributed by atoms with Gasteiger partial charge in [0.05, 0.1) is 5.60 Å². The monoisotopic (exact) mass is 437 g/mol. The first-order chi connectivity index (χ1) is 15.4. The van der Waals surface area contributed by atoms with Gasteiger partial charge in [0.25, 0.3) is 0 Å². The number of aliphatic hydroxyl groups is 1. The lowest BCUT2D eigenvalue weighted by Crippen LogP contribution is -2.57. The van der Waals surface area contributed by atoms with Crippen LogP contribution in [0.2, 0.25) is 0 Å². The van der Waals surface area contributed by atoms with Crippen LogP contribution in [0.1, 0.15) is 97.0 Å². The maximum Gasteiger partial charge on any atom is 0.0622 e. The summed E-state index contributed by atoms with van der Waals surface area (Å²) >= 11 is 0. The van der Waals surface area contributed by atoms with Gasteiger partial charge in [0.2, 0.25) is 0 Å². The van der Waals surface area contributed by atoms with Crippen molar-refractivity contribution in [2.45, 2.75) is 110 Å². The van der Waals surface area contributed by atoms with Gasteiger partial charge in [0, 0.05) is 12.6 Å². The van der Waals surface area contributed by atoms with Gasteiger partial charge in [-0.2, -0.15) is 0 Å². The van der Waals surface area contributed by atoms with Gasteiger partial charge in [-0.3, -0.25) is 0 Å². The average molecular weight is 438 g/mol. The molecule has 1 unspecified atom stereocenters. The molecule has 0 saturated heterocycles. The fourth-order valence-corrected chi connectivity index (χ4v) is 9.60. The maximum atomic E-state index is 10.7. The molecule has 1 aromatic carbocycles. The zero-order valence-corrected chi connectivity index (χ0v) is 20.9. The molecule has 178 valence electrons. The topological polar surface area (TPSA) is 32.3 Å². The van der Waals surface area contributed by atoms with E-state index in [1.165, 1.54) is 63.4 Å². The fourth-order valence-electron chi connectivity index (χ4n) is 9.60. The zero-order chi connectivity index (χ0) is 22.3. The third-order valence-corrected chi connectivity index (χ3v) is 11.0. The lowest BCUT2D eigenvalue weighted by Gasteiger charge is -2.62. The Hall–Kier alpha value is -0.860. The van der Waals surface area contributed by atoms with Crippen molar-refractivity contribution in [1.29, 1.82) is 0 Å². The molecule has 5 rings (SSSR count). The zero-order valence-electron chi connectivity index (χ0n) is 20.9. The van der Waals surface area contributed by atoms with E-state index in [9.17, 15) is 5.11 Å². The molecule has 9 atom stereocenters. The van der Waals surface area contributed by atoms with E-state index in [1.807, 2.05) is 0 Å². The van der Waals surface area contributed by atoms with Crippen LogP contribution in [0.25, 0.3) is 0 Å². The smallest absolute Gasteiger partial charge is 0.0622 e. The second-order valence-electron chi connectivity index (χ2n) is 12.5. The first-order valence-electron chi connectivity index (χ1n) is 13.9. The lowest BCUT2D eigenvalue weighted by molar-refractivity contribution is -0.138. The molecule has 1 aromatic rings. The van der Waals surface area contributed by atoms with Crippen molar-refractivity contribution >= 4 is 0 Å². The minimum atomic E-state index is -0.397. The molecule has 0 bridgehead atoms. The van der Waals surface area contributed by atoms with E-state index in [0.29, 0.717) is 11.5 Å². The summed E-state index contributed by atoms with van der Waals surface area (Å²) in [4.78, 5) is 0. The van der Waals surface area contributed by atoms with E-state index in [0.717, 1.165) is 54.9 Å². The van der Waals surface area contributed by atoms with Crippen molar-refractivity contribution in [1.82, 2.24) is 5.32 Å². The van der Waals surface area contributed by atoms with Crippen LogP contribution in [-0.4, -0.2) is 16.7 Å². The first kappa shape index (κ1) is 22.9. The predicted molar refractivity (Wildman–Crippen MR) is 133 cm³/mol. The van der Waals surface area contributed by atoms with Gasteiger partial charge in [0.15, 0.2) is 0 Å². The highest BCUT2D eigenvalue weighted by atomic mass is 16.3. The Bertz CT molecular complexity index is 759. The maximum absolute atomic E-state index is 10.7. The van der Waals surface area contributed by atoms with Crippen LogP contribution in [0.5, 0.6) is 0 Å². The second kappa shape index (κ2) is 9.06. The molecule has 4 saturated carbocycles. The van der Waals surface area contributed by atoms with Crippen LogP contribution in [0, 0.1) is 40.9 Å². The first-order valence-corrected chi connectivity index (χ1v) is 13.9. The number of nitrogens with one attached hydrogen (secondary N) is 1. The van der Waals surface area contributed by atoms with Crippen LogP contribution in [-0.2, 0) is 6.54 Å². The quantitative estimate of drug-likeness (QED) is 0.521. The highest BCUT2D eigenvalue weighted by molar-refractivity contribution is 5.15. The summed E-state index contributed by atoms with van der Waals surface area (Å²) in [5, 5.41) is 14.7. The molecule has 4 aliphatic carbocycles. The molecule has 0 amide bonds. The fraction of sp³-hybridized carbons (Fsp3) is 0.800. The molecule has 4 fully saturated rings. The van der Waals surface area contributed by atoms with Gasteiger partial charge in [0.1, 0.15) is 0 Å². The van der Waals surface area contributed by atoms with Crippen LogP contribution >= 0.6 is 0 Å². The Balaban J connectivity index is 1.32. The molecule has 2 nitrogen and oxygen atoms in total. The minimum Gasteiger partial charge on any atom is -0.390 e. The van der Waals surface area contributed by atoms with Crippen LogP contribution in [0.15, 0.2) is 30.3 Å². The standard InChI is InChI=1S/C30H47NO/c1-4-30-18-16-25-24-15-17-29(3,32)19-23(24)13-14-26(25)28(30)12-8-11-27(30)21(2)31-20-22-9-6-5-7-10-22/h5-7,9-10,21,23-28,31-32H,4,8,11-20H2,1-3H3/t21?,23-,24+,25-,26-,27-,28+,29-,30-/m1/s1. The van der Waals surface area contributed by atoms with Crippen molar-refractivity contribution in [2.75, 3.05) is 0 Å². The van der Waals surface area contributed by atoms with Crippen LogP contribution in [0.3, 0.4) is 0 Å². The summed E-state index contributed by atoms with van der Waals surface area (Å²) in [6.07, 6.45) is 14.8. The van der Waals surface area contributed by atoms with Crippen molar-refractivity contribution in [3.05, 3.63) is 35.9 Å². The molecule has 0 radical (unpaired) electrons. The third kappa shape index (κ3) is 4.09. The Morgan fingerprint density at radius 2 is 1.75 bits per heavy atom. The van der Waals surface area contributed by atoms with E-state index in [1.54, 1.807) is 0 Å². The Morgan fingerprint density at radius 3 is 2.53 bits per heavy atom. The van der Waals surface area contributed by atoms with Crippen molar-refractivity contribution in [2.24, 2.45) is 40.9 Å². The van der Waals surface area contributed by atoms with E-state index in [2.05, 4.69) is 56.4 Å². The summed E-state index contributed by atoms with van der Waals surface area (Å²) in [6.45, 7) is 8.09. The SMILES string of the molecule is CC[C@]12CC[C@H]3[C@@H](CC[C@@H]4C[C@](C)(O)CC[C@@H]43)[C@@H]1CCC[C@@H]2C(C)NCc1ccccc1. The van der Waals surface area contributed by atoms with Gasteiger partial charge in [-0.15, -0.1) is 0 Å². The van der Waals surface area contributed by atoms with E-state index >= 15 is 0 Å². The highest BCUT2D eigenvalue weighted by Gasteiger charge is 2.57. The summed E-state index contributed by atoms with van der Waals surface area (Å²) in [5.74, 6) is 5.35. The molecule has 4 aliphatic rings. The second-order valence-corrected chi connectivity index (χ2v) is 12.5. The molecular formula is C30H47NO. The summed E-state index contributed by atoms with van der Waals surface area (Å²) in [6, 6.07) is 11.5. The number of benzene rings is 1. The molecule has 0 spiro atoms. The highest BCUT2D eigenvalue weighted by Crippen LogP contribution is 2.64. The average Bonchev–Trinajstić information content (AvgIpc) is 2.81. The van der Waals surface area contributed by atoms with Crippen LogP contribution < -0.4 is 5.32 Å². The Labute approximate surface area is 197 Å². The van der Waals surface area contributed by atoms with Gasteiger partial charge >= 0.3 is 0 Å². The summed E-state index contributed by atoms with van der Waals surface area (Å²) < 4.78 is 0. The van der Waals surface area contributed by atoms with Gasteiger partial charge in [-0.1, -0.05) is 43.7 Å². The number of rotatable bonds is 5. The molecule has 0 heterocycles. The van der Waals surface area contributed by atoms with Crippen molar-refractivity contribution < 1.29 is 5.11 Å². The van der Waals surface area contributed by atoms with Crippen molar-refractivity contribution in [3.8, 4) is 0 Å². The molecule has 0 aliphatic heterocycles. The Kier molecular flexibility index (Phi) is 6.49. The normalized spacial score (nSPS) is 44.8. The molecular weight excluding hydrogens is 390 g/mol. The lowest BCUT2D eigenvalue weighted by atomic mass is 9.43. The molecule has 0 aromatic heterocycles. The largest absolute Gasteiger partial charge is 0.390 e. The Morgan fingerprint density at radius 1 is 0.969 bits per heavy atom. The number of fused-ring (bicyclic) bond motifs is 5. The van der Waals surface area contributed by atoms with Gasteiger partial charge in [-0.05, 0) is 125 Å². The summed E-state index contributed by atoms with van der Waals surface area (Å²) in [7, 11) is 0. The predicted octanol–water partition coefficient (Wildman–Crippen LogP) is 6.96. The minimum absolute atomic E-state index is 0.397. The van der Waals surface area contributed by atoms with Gasteiger partial charge in [-0.25, -0.2) is 0 Å². The van der Waals surface area contributed by atoms with Gasteiger partial charge < -0.3 is 10.4 Å². The summed E-state index contributed by atoms with van der Waals surface area (Å²) in [5.41, 5.74) is 1.56. The van der Waals surface area contributed by atoms with E-state index < -0.39 is 5.60 Å². The molecule has 2 heteroatoms. The molecule has 2 N–H and O–H groups in total. The van der Waals surface area contributed by atoms with Crippen molar-refractivity contribution in [3.63, 3.8) is 0 Å². The third-order valence-electron chi connectivity index (χ3n) is 11.0. The van der Waals surface area contributed by atoms with E-state index in [4.69, 9.17) is 0 Å². The van der Waals surface area contributed by atoms with Crippen LogP contribution in [0.4, 0.5) is 0 Å². The van der Waals surface area contributed by atoms with E-state index in [-0.39, 0.29) is 0 Å². The number of hydrogen-bond donors (Lipinski definition) is 2. The number of hydrogen-bond acceptors (Lipinski definition) is 2. The molecule has 32 heavy (non-hydrogen) atoms.